The lowest BCUT2D eigenvalue weighted by Gasteiger charge is -2.12. The van der Waals surface area contributed by atoms with Crippen molar-refractivity contribution in [2.75, 3.05) is 0 Å². The Morgan fingerprint density at radius 3 is 2.19 bits per heavy atom. The highest BCUT2D eigenvalue weighted by Gasteiger charge is 2.06. The molecule has 1 N–H and O–H groups in total. The fourth-order valence-corrected chi connectivity index (χ4v) is 1.97. The first-order valence-corrected chi connectivity index (χ1v) is 5.98. The smallest absolute Gasteiger partial charge is 0.303 e. The van der Waals surface area contributed by atoms with E-state index in [-0.39, 0.29) is 6.42 Å². The molecule has 0 unspecified atom stereocenters. The number of carboxylic acids is 1. The molecule has 0 atom stereocenters. The van der Waals surface area contributed by atoms with Crippen molar-refractivity contribution in [3.8, 4) is 0 Å². The van der Waals surface area contributed by atoms with E-state index in [4.69, 9.17) is 5.11 Å². The molecule has 0 aliphatic heterocycles. The summed E-state index contributed by atoms with van der Waals surface area (Å²) in [5, 5.41) is 8.59. The number of benzene rings is 1. The van der Waals surface area contributed by atoms with Crippen LogP contribution in [-0.4, -0.2) is 11.1 Å². The van der Waals surface area contributed by atoms with Gasteiger partial charge in [0.1, 0.15) is 0 Å². The molecule has 0 radical (unpaired) electrons. The fourth-order valence-electron chi connectivity index (χ4n) is 1.97. The van der Waals surface area contributed by atoms with Crippen LogP contribution in [0.1, 0.15) is 50.2 Å². The monoisotopic (exact) mass is 220 g/mol. The first-order chi connectivity index (χ1) is 7.67. The molecular formula is C14H20O2. The molecular weight excluding hydrogens is 200 g/mol. The molecule has 0 saturated heterocycles. The Kier molecular flexibility index (Phi) is 5.03. The molecule has 2 nitrogen and oxygen atoms in total. The summed E-state index contributed by atoms with van der Waals surface area (Å²) in [5.74, 6) is -0.0995. The second kappa shape index (κ2) is 6.31. The number of rotatable bonds is 6. The summed E-state index contributed by atoms with van der Waals surface area (Å²) in [5.41, 5.74) is 2.47. The van der Waals surface area contributed by atoms with Gasteiger partial charge in [-0.15, -0.1) is 0 Å². The van der Waals surface area contributed by atoms with Gasteiger partial charge in [-0.2, -0.15) is 0 Å². The molecule has 0 spiro atoms. The second-order valence-electron chi connectivity index (χ2n) is 4.15. The van der Waals surface area contributed by atoms with Gasteiger partial charge < -0.3 is 5.11 Å². The topological polar surface area (TPSA) is 37.3 Å². The number of hydrogen-bond acceptors (Lipinski definition) is 1. The Balaban J connectivity index is 2.63. The van der Waals surface area contributed by atoms with Gasteiger partial charge in [0.05, 0.1) is 0 Å². The van der Waals surface area contributed by atoms with Crippen molar-refractivity contribution in [2.45, 2.75) is 45.4 Å². The third-order valence-electron chi connectivity index (χ3n) is 3.06. The van der Waals surface area contributed by atoms with E-state index < -0.39 is 5.97 Å². The molecule has 2 heteroatoms. The van der Waals surface area contributed by atoms with Gasteiger partial charge >= 0.3 is 5.97 Å². The molecule has 1 aromatic carbocycles. The van der Waals surface area contributed by atoms with Crippen LogP contribution in [0.3, 0.4) is 0 Å². The molecule has 0 aliphatic rings. The summed E-state index contributed by atoms with van der Waals surface area (Å²) in [6.45, 7) is 4.40. The number of aryl methyl sites for hydroxylation is 1. The van der Waals surface area contributed by atoms with E-state index in [1.807, 2.05) is 0 Å². The Hall–Kier alpha value is -1.31. The maximum absolute atomic E-state index is 10.4. The van der Waals surface area contributed by atoms with Crippen LogP contribution < -0.4 is 0 Å². The van der Waals surface area contributed by atoms with Crippen LogP contribution in [0.4, 0.5) is 0 Å². The number of hydrogen-bond donors (Lipinski definition) is 1. The minimum atomic E-state index is -0.732. The first-order valence-electron chi connectivity index (χ1n) is 5.98. The van der Waals surface area contributed by atoms with Crippen molar-refractivity contribution in [3.63, 3.8) is 0 Å². The van der Waals surface area contributed by atoms with E-state index in [1.54, 1.807) is 0 Å². The zero-order chi connectivity index (χ0) is 12.0. The maximum Gasteiger partial charge on any atom is 0.303 e. The van der Waals surface area contributed by atoms with Gasteiger partial charge in [-0.3, -0.25) is 4.79 Å². The van der Waals surface area contributed by atoms with E-state index in [1.165, 1.54) is 5.56 Å². The van der Waals surface area contributed by atoms with Gasteiger partial charge in [-0.25, -0.2) is 0 Å². The average molecular weight is 220 g/mol. The minimum absolute atomic E-state index is 0.213. The van der Waals surface area contributed by atoms with Crippen molar-refractivity contribution in [3.05, 3.63) is 35.4 Å². The summed E-state index contributed by atoms with van der Waals surface area (Å²) in [7, 11) is 0. The molecule has 1 rings (SSSR count). The zero-order valence-electron chi connectivity index (χ0n) is 10.1. The minimum Gasteiger partial charge on any atom is -0.481 e. The second-order valence-corrected chi connectivity index (χ2v) is 4.15. The fraction of sp³-hybridized carbons (Fsp3) is 0.500. The molecule has 0 amide bonds. The van der Waals surface area contributed by atoms with Crippen molar-refractivity contribution >= 4 is 5.97 Å². The Morgan fingerprint density at radius 1 is 1.19 bits per heavy atom. The molecule has 0 heterocycles. The van der Waals surface area contributed by atoms with E-state index >= 15 is 0 Å². The largest absolute Gasteiger partial charge is 0.481 e. The highest BCUT2D eigenvalue weighted by molar-refractivity contribution is 5.67. The lowest BCUT2D eigenvalue weighted by molar-refractivity contribution is -0.136. The van der Waals surface area contributed by atoms with Gasteiger partial charge in [0.2, 0.25) is 0 Å². The normalized spacial score (nSPS) is 10.7. The summed E-state index contributed by atoms with van der Waals surface area (Å²) in [6, 6.07) is 8.37. The quantitative estimate of drug-likeness (QED) is 0.795. The van der Waals surface area contributed by atoms with E-state index in [0.717, 1.165) is 18.4 Å². The van der Waals surface area contributed by atoms with Gasteiger partial charge in [-0.1, -0.05) is 38.1 Å². The van der Waals surface area contributed by atoms with Crippen molar-refractivity contribution < 1.29 is 9.90 Å². The molecule has 0 bridgehead atoms. The van der Waals surface area contributed by atoms with Crippen LogP contribution in [0.5, 0.6) is 0 Å². The Labute approximate surface area is 97.3 Å². The highest BCUT2D eigenvalue weighted by Crippen LogP contribution is 2.23. The van der Waals surface area contributed by atoms with E-state index in [2.05, 4.69) is 38.1 Å². The molecule has 0 fully saturated rings. The van der Waals surface area contributed by atoms with Gasteiger partial charge in [-0.05, 0) is 36.3 Å². The summed E-state index contributed by atoms with van der Waals surface area (Å²) in [4.78, 5) is 10.4. The van der Waals surface area contributed by atoms with Crippen LogP contribution >= 0.6 is 0 Å². The summed E-state index contributed by atoms with van der Waals surface area (Å²) in [6.07, 6.45) is 3.15. The van der Waals surface area contributed by atoms with E-state index in [0.29, 0.717) is 12.3 Å². The summed E-state index contributed by atoms with van der Waals surface area (Å²) >= 11 is 0. The van der Waals surface area contributed by atoms with Crippen molar-refractivity contribution in [2.24, 2.45) is 0 Å². The van der Waals surface area contributed by atoms with Gasteiger partial charge in [0.25, 0.3) is 0 Å². The number of aliphatic carboxylic acids is 1. The zero-order valence-corrected chi connectivity index (χ0v) is 10.1. The third-order valence-corrected chi connectivity index (χ3v) is 3.06. The summed E-state index contributed by atoms with van der Waals surface area (Å²) < 4.78 is 0. The molecule has 0 aliphatic carbocycles. The van der Waals surface area contributed by atoms with Crippen LogP contribution in [0.25, 0.3) is 0 Å². The maximum atomic E-state index is 10.4. The molecule has 88 valence electrons. The van der Waals surface area contributed by atoms with E-state index in [9.17, 15) is 4.79 Å². The van der Waals surface area contributed by atoms with Crippen LogP contribution in [0.2, 0.25) is 0 Å². The third kappa shape index (κ3) is 3.69. The molecule has 1 aromatic rings. The SMILES string of the molecule is CCC(CC)c1ccc(CCC(=O)O)cc1. The lowest BCUT2D eigenvalue weighted by Crippen LogP contribution is -1.99. The molecule has 16 heavy (non-hydrogen) atoms. The molecule has 0 saturated carbocycles. The van der Waals surface area contributed by atoms with Crippen LogP contribution in [0, 0.1) is 0 Å². The lowest BCUT2D eigenvalue weighted by atomic mass is 9.93. The Morgan fingerprint density at radius 2 is 1.75 bits per heavy atom. The predicted molar refractivity (Wildman–Crippen MR) is 65.7 cm³/mol. The predicted octanol–water partition coefficient (Wildman–Crippen LogP) is 3.61. The first kappa shape index (κ1) is 12.8. The highest BCUT2D eigenvalue weighted by atomic mass is 16.4. The van der Waals surface area contributed by atoms with Crippen molar-refractivity contribution in [1.29, 1.82) is 0 Å². The molecule has 0 aromatic heterocycles. The van der Waals surface area contributed by atoms with Crippen LogP contribution in [-0.2, 0) is 11.2 Å². The number of carboxylic acid groups (broad SMARTS) is 1. The standard InChI is InChI=1S/C14H20O2/c1-3-12(4-2)13-8-5-11(6-9-13)7-10-14(15)16/h5-6,8-9,12H,3-4,7,10H2,1-2H3,(H,15,16). The van der Waals surface area contributed by atoms with Gasteiger partial charge in [0, 0.05) is 6.42 Å². The Bertz CT molecular complexity index is 323. The average Bonchev–Trinajstić information content (AvgIpc) is 2.29. The van der Waals surface area contributed by atoms with Gasteiger partial charge in [0.15, 0.2) is 0 Å². The van der Waals surface area contributed by atoms with Crippen LogP contribution in [0.15, 0.2) is 24.3 Å². The number of carbonyl (C=O) groups is 1. The van der Waals surface area contributed by atoms with Crippen molar-refractivity contribution in [1.82, 2.24) is 0 Å².